The Morgan fingerprint density at radius 2 is 2.09 bits per heavy atom. The molecule has 22 heavy (non-hydrogen) atoms. The third-order valence-electron chi connectivity index (χ3n) is 2.78. The van der Waals surface area contributed by atoms with Gasteiger partial charge in [0.1, 0.15) is 17.9 Å². The molecule has 5 heteroatoms. The fraction of sp³-hybridized carbons (Fsp3) is 0.294. The van der Waals surface area contributed by atoms with Gasteiger partial charge in [-0.15, -0.1) is 0 Å². The van der Waals surface area contributed by atoms with E-state index in [4.69, 9.17) is 4.74 Å². The van der Waals surface area contributed by atoms with Crippen LogP contribution >= 0.6 is 0 Å². The molecule has 0 unspecified atom stereocenters. The van der Waals surface area contributed by atoms with E-state index in [-0.39, 0.29) is 25.2 Å². The van der Waals surface area contributed by atoms with Gasteiger partial charge in [-0.2, -0.15) is 0 Å². The van der Waals surface area contributed by atoms with Gasteiger partial charge < -0.3 is 15.4 Å². The van der Waals surface area contributed by atoms with Gasteiger partial charge in [0.25, 0.3) is 0 Å². The lowest BCUT2D eigenvalue weighted by atomic mass is 10.2. The average molecular weight is 297 g/mol. The van der Waals surface area contributed by atoms with E-state index in [1.54, 1.807) is 6.20 Å². The molecule has 0 aliphatic heterocycles. The van der Waals surface area contributed by atoms with Crippen LogP contribution in [0.2, 0.25) is 0 Å². The van der Waals surface area contributed by atoms with Crippen LogP contribution in [0.25, 0.3) is 10.9 Å². The molecule has 0 atom stereocenters. The number of benzene rings is 1. The summed E-state index contributed by atoms with van der Waals surface area (Å²) in [4.78, 5) is 15.6. The highest BCUT2D eigenvalue weighted by atomic mass is 16.5. The third kappa shape index (κ3) is 4.67. The zero-order valence-electron chi connectivity index (χ0n) is 12.7. The second-order valence-electron chi connectivity index (χ2n) is 4.96. The average Bonchev–Trinajstić information content (AvgIpc) is 2.50. The van der Waals surface area contributed by atoms with Crippen molar-refractivity contribution in [3.63, 3.8) is 0 Å². The number of fused-ring (bicyclic) bond motifs is 1. The van der Waals surface area contributed by atoms with Gasteiger partial charge in [-0.25, -0.2) is 4.79 Å². The number of urea groups is 1. The number of amides is 2. The van der Waals surface area contributed by atoms with Crippen LogP contribution in [0.4, 0.5) is 4.79 Å². The lowest BCUT2D eigenvalue weighted by Crippen LogP contribution is -2.39. The number of aromatic nitrogens is 1. The molecule has 0 bridgehead atoms. The number of ether oxygens (including phenoxy) is 1. The van der Waals surface area contributed by atoms with Gasteiger partial charge in [0.15, 0.2) is 0 Å². The van der Waals surface area contributed by atoms with Crippen molar-refractivity contribution in [1.82, 2.24) is 15.6 Å². The van der Waals surface area contributed by atoms with E-state index in [2.05, 4.69) is 27.5 Å². The van der Waals surface area contributed by atoms with Crippen molar-refractivity contribution in [1.29, 1.82) is 0 Å². The molecule has 1 aromatic carbocycles. The molecule has 2 amide bonds. The van der Waals surface area contributed by atoms with E-state index in [1.807, 2.05) is 44.2 Å². The number of hydrogen-bond acceptors (Lipinski definition) is 3. The molecule has 0 saturated carbocycles. The predicted molar refractivity (Wildman–Crippen MR) is 86.7 cm³/mol. The molecule has 0 aliphatic carbocycles. The summed E-state index contributed by atoms with van der Waals surface area (Å²) in [6, 6.07) is 9.53. The van der Waals surface area contributed by atoms with Gasteiger partial charge in [-0.3, -0.25) is 4.98 Å². The van der Waals surface area contributed by atoms with Crippen LogP contribution in [0.1, 0.15) is 13.8 Å². The lowest BCUT2D eigenvalue weighted by Gasteiger charge is -2.07. The maximum absolute atomic E-state index is 11.3. The lowest BCUT2D eigenvalue weighted by molar-refractivity contribution is 0.239. The molecule has 0 fully saturated rings. The highest BCUT2D eigenvalue weighted by molar-refractivity contribution is 5.84. The molecule has 1 aromatic heterocycles. The largest absolute Gasteiger partial charge is 0.479 e. The molecular weight excluding hydrogens is 278 g/mol. The molecule has 5 nitrogen and oxygen atoms in total. The zero-order chi connectivity index (χ0) is 15.8. The number of carbonyl (C=O) groups excluding carboxylic acids is 1. The fourth-order valence-electron chi connectivity index (χ4n) is 1.86. The van der Waals surface area contributed by atoms with Crippen LogP contribution in [0, 0.1) is 11.8 Å². The molecule has 0 aliphatic rings. The first-order valence-electron chi connectivity index (χ1n) is 7.13. The van der Waals surface area contributed by atoms with E-state index in [1.165, 1.54) is 0 Å². The van der Waals surface area contributed by atoms with Crippen LogP contribution in [0.3, 0.4) is 0 Å². The molecule has 2 aromatic rings. The summed E-state index contributed by atoms with van der Waals surface area (Å²) in [5.74, 6) is 6.41. The summed E-state index contributed by atoms with van der Waals surface area (Å²) in [6.07, 6.45) is 1.73. The van der Waals surface area contributed by atoms with Crippen LogP contribution in [0.15, 0.2) is 36.5 Å². The summed E-state index contributed by atoms with van der Waals surface area (Å²) in [6.45, 7) is 4.34. The quantitative estimate of drug-likeness (QED) is 0.851. The Morgan fingerprint density at radius 3 is 2.91 bits per heavy atom. The molecular formula is C17H19N3O2. The van der Waals surface area contributed by atoms with E-state index in [0.717, 1.165) is 10.9 Å². The van der Waals surface area contributed by atoms with E-state index in [0.29, 0.717) is 5.75 Å². The van der Waals surface area contributed by atoms with E-state index in [9.17, 15) is 4.79 Å². The summed E-state index contributed by atoms with van der Waals surface area (Å²) < 4.78 is 5.63. The molecule has 0 saturated heterocycles. The van der Waals surface area contributed by atoms with Crippen LogP contribution in [-0.4, -0.2) is 30.2 Å². The van der Waals surface area contributed by atoms with E-state index >= 15 is 0 Å². The molecule has 0 spiro atoms. The summed E-state index contributed by atoms with van der Waals surface area (Å²) in [7, 11) is 0. The monoisotopic (exact) mass is 297 g/mol. The summed E-state index contributed by atoms with van der Waals surface area (Å²) >= 11 is 0. The first-order valence-corrected chi connectivity index (χ1v) is 7.13. The molecule has 114 valence electrons. The normalized spacial score (nSPS) is 9.95. The molecule has 0 radical (unpaired) electrons. The van der Waals surface area contributed by atoms with Gasteiger partial charge in [0.05, 0.1) is 6.54 Å². The number of nitrogens with one attached hydrogen (secondary N) is 2. The number of nitrogens with zero attached hydrogens (tertiary/aromatic N) is 1. The molecule has 1 heterocycles. The van der Waals surface area contributed by atoms with Crippen LogP contribution in [0.5, 0.6) is 5.75 Å². The fourth-order valence-corrected chi connectivity index (χ4v) is 1.86. The topological polar surface area (TPSA) is 63.2 Å². The van der Waals surface area contributed by atoms with Crippen LogP contribution < -0.4 is 15.4 Å². The van der Waals surface area contributed by atoms with Crippen molar-refractivity contribution in [2.24, 2.45) is 0 Å². The van der Waals surface area contributed by atoms with Crippen molar-refractivity contribution in [3.05, 3.63) is 36.5 Å². The standard InChI is InChI=1S/C17H19N3O2/c1-13(2)20-17(21)19-10-3-4-12-22-15-9-5-7-14-8-6-11-18-16(14)15/h5-9,11,13H,10,12H2,1-2H3,(H2,19,20,21). The third-order valence-corrected chi connectivity index (χ3v) is 2.78. The Labute approximate surface area is 130 Å². The highest BCUT2D eigenvalue weighted by Crippen LogP contribution is 2.22. The van der Waals surface area contributed by atoms with Gasteiger partial charge in [0.2, 0.25) is 0 Å². The zero-order valence-corrected chi connectivity index (χ0v) is 12.7. The maximum Gasteiger partial charge on any atom is 0.315 e. The SMILES string of the molecule is CC(C)NC(=O)NCC#CCOc1cccc2cccnc12. The van der Waals surface area contributed by atoms with Gasteiger partial charge in [-0.05, 0) is 26.0 Å². The van der Waals surface area contributed by atoms with Gasteiger partial charge >= 0.3 is 6.03 Å². The Kier molecular flexibility index (Phi) is 5.61. The Balaban J connectivity index is 1.81. The van der Waals surface area contributed by atoms with Gasteiger partial charge in [0, 0.05) is 17.6 Å². The summed E-state index contributed by atoms with van der Waals surface area (Å²) in [5.41, 5.74) is 0.821. The number of rotatable bonds is 4. The van der Waals surface area contributed by atoms with Crippen molar-refractivity contribution in [2.75, 3.05) is 13.2 Å². The van der Waals surface area contributed by atoms with Crippen molar-refractivity contribution < 1.29 is 9.53 Å². The molecule has 2 N–H and O–H groups in total. The second kappa shape index (κ2) is 7.89. The maximum atomic E-state index is 11.3. The van der Waals surface area contributed by atoms with Crippen molar-refractivity contribution in [2.45, 2.75) is 19.9 Å². The number of hydrogen-bond donors (Lipinski definition) is 2. The smallest absolute Gasteiger partial charge is 0.315 e. The first-order chi connectivity index (χ1) is 10.7. The Morgan fingerprint density at radius 1 is 1.27 bits per heavy atom. The predicted octanol–water partition coefficient (Wildman–Crippen LogP) is 2.32. The summed E-state index contributed by atoms with van der Waals surface area (Å²) in [5, 5.41) is 6.40. The second-order valence-corrected chi connectivity index (χ2v) is 4.96. The first kappa shape index (κ1) is 15.6. The van der Waals surface area contributed by atoms with Crippen LogP contribution in [-0.2, 0) is 0 Å². The molecule has 2 rings (SSSR count). The Bertz CT molecular complexity index is 696. The number of carbonyl (C=O) groups is 1. The Hall–Kier alpha value is -2.74. The van der Waals surface area contributed by atoms with Crippen molar-refractivity contribution in [3.8, 4) is 17.6 Å². The minimum absolute atomic E-state index is 0.107. The number of para-hydroxylation sites is 1. The minimum atomic E-state index is -0.219. The minimum Gasteiger partial charge on any atom is -0.479 e. The highest BCUT2D eigenvalue weighted by Gasteiger charge is 2.01. The van der Waals surface area contributed by atoms with E-state index < -0.39 is 0 Å². The van der Waals surface area contributed by atoms with Gasteiger partial charge in [-0.1, -0.05) is 30.0 Å². The van der Waals surface area contributed by atoms with Crippen molar-refractivity contribution >= 4 is 16.9 Å². The number of pyridine rings is 1.